The minimum Gasteiger partial charge on any atom is -0.394 e. The summed E-state index contributed by atoms with van der Waals surface area (Å²) in [7, 11) is 0. The molecular weight excluding hydrogens is 257 g/mol. The number of hydrogen-bond acceptors (Lipinski definition) is 2. The quantitative estimate of drug-likeness (QED) is 0.826. The fourth-order valence-electron chi connectivity index (χ4n) is 1.61. The van der Waals surface area contributed by atoms with E-state index in [0.717, 1.165) is 11.1 Å². The van der Waals surface area contributed by atoms with Crippen molar-refractivity contribution in [2.45, 2.75) is 31.9 Å². The van der Waals surface area contributed by atoms with Crippen LogP contribution < -0.4 is 5.32 Å². The topological polar surface area (TPSA) is 49.3 Å². The van der Waals surface area contributed by atoms with Crippen molar-refractivity contribution >= 4 is 17.5 Å². The van der Waals surface area contributed by atoms with E-state index in [-0.39, 0.29) is 6.61 Å². The van der Waals surface area contributed by atoms with Gasteiger partial charge in [0, 0.05) is 0 Å². The third-order valence-corrected chi connectivity index (χ3v) is 3.26. The molecule has 0 bridgehead atoms. The lowest BCUT2D eigenvalue weighted by atomic mass is 9.90. The van der Waals surface area contributed by atoms with Gasteiger partial charge in [0.05, 0.1) is 12.1 Å². The van der Waals surface area contributed by atoms with Crippen LogP contribution in [0.3, 0.4) is 0 Å². The van der Waals surface area contributed by atoms with Gasteiger partial charge in [0.25, 0.3) is 11.5 Å². The van der Waals surface area contributed by atoms with Crippen LogP contribution in [-0.4, -0.2) is 23.3 Å². The molecule has 2 atom stereocenters. The van der Waals surface area contributed by atoms with Crippen LogP contribution in [0.15, 0.2) is 18.2 Å². The molecule has 0 heterocycles. The van der Waals surface area contributed by atoms with E-state index in [1.807, 2.05) is 26.0 Å². The molecule has 2 N–H and O–H groups in total. The molecule has 1 amide bonds. The van der Waals surface area contributed by atoms with E-state index in [0.29, 0.717) is 5.56 Å². The van der Waals surface area contributed by atoms with Crippen molar-refractivity contribution in [3.63, 3.8) is 0 Å². The molecule has 2 unspecified atom stereocenters. The zero-order chi connectivity index (χ0) is 13.9. The van der Waals surface area contributed by atoms with Crippen LogP contribution in [0.25, 0.3) is 0 Å². The van der Waals surface area contributed by atoms with Crippen molar-refractivity contribution in [1.82, 2.24) is 5.32 Å². The Balaban J connectivity index is 3.06. The maximum atomic E-state index is 12.7. The summed E-state index contributed by atoms with van der Waals surface area (Å²) in [5, 5.41) is 11.9. The smallest absolute Gasteiger partial charge is 0.270 e. The first-order chi connectivity index (χ1) is 8.30. The Bertz CT molecular complexity index is 451. The zero-order valence-corrected chi connectivity index (χ0v) is 11.4. The number of nitrogens with one attached hydrogen (secondary N) is 1. The van der Waals surface area contributed by atoms with Gasteiger partial charge >= 0.3 is 0 Å². The Hall–Kier alpha value is -1.13. The highest BCUT2D eigenvalue weighted by atomic mass is 35.5. The van der Waals surface area contributed by atoms with Gasteiger partial charge in [0.2, 0.25) is 0 Å². The van der Waals surface area contributed by atoms with E-state index in [1.54, 1.807) is 13.0 Å². The molecule has 0 fully saturated rings. The van der Waals surface area contributed by atoms with Crippen molar-refractivity contribution in [2.75, 3.05) is 6.61 Å². The molecule has 0 radical (unpaired) electrons. The molecule has 100 valence electrons. The number of halogens is 2. The first kappa shape index (κ1) is 14.9. The summed E-state index contributed by atoms with van der Waals surface area (Å²) in [6, 6.07) is 5.53. The second-order valence-electron chi connectivity index (χ2n) is 4.58. The third kappa shape index (κ3) is 3.21. The number of aliphatic hydroxyl groups excluding tert-OH is 1. The van der Waals surface area contributed by atoms with E-state index < -0.39 is 17.1 Å². The van der Waals surface area contributed by atoms with Crippen LogP contribution >= 0.6 is 11.6 Å². The number of alkyl halides is 2. The average Bonchev–Trinajstić information content (AvgIpc) is 2.32. The van der Waals surface area contributed by atoms with Gasteiger partial charge in [-0.1, -0.05) is 29.8 Å². The minimum absolute atomic E-state index is 0.342. The second kappa shape index (κ2) is 5.67. The molecule has 18 heavy (non-hydrogen) atoms. The van der Waals surface area contributed by atoms with Gasteiger partial charge in [0.1, 0.15) is 0 Å². The molecule has 0 aliphatic carbocycles. The number of hydrogen-bond donors (Lipinski definition) is 2. The molecule has 0 aromatic heterocycles. The average molecular weight is 274 g/mol. The van der Waals surface area contributed by atoms with Crippen molar-refractivity contribution < 1.29 is 14.3 Å². The Labute approximate surface area is 111 Å². The van der Waals surface area contributed by atoms with Crippen LogP contribution in [0.4, 0.5) is 4.39 Å². The summed E-state index contributed by atoms with van der Waals surface area (Å²) >= 11 is 5.07. The normalized spacial score (nSPS) is 15.9. The predicted octanol–water partition coefficient (Wildman–Crippen LogP) is 2.16. The van der Waals surface area contributed by atoms with Gasteiger partial charge in [-0.25, -0.2) is 4.39 Å². The lowest BCUT2D eigenvalue weighted by Gasteiger charge is -2.30. The second-order valence-corrected chi connectivity index (χ2v) is 4.96. The highest BCUT2D eigenvalue weighted by Crippen LogP contribution is 2.23. The Kier molecular flexibility index (Phi) is 4.71. The van der Waals surface area contributed by atoms with Crippen molar-refractivity contribution in [3.8, 4) is 0 Å². The third-order valence-electron chi connectivity index (χ3n) is 3.06. The standard InChI is InChI=1S/C13H17ClFNO2/c1-8-4-5-10(6-9(8)2)13(3,7-17)16-12(18)11(14)15/h4-6,11,17H,7H2,1-3H3,(H,16,18). The van der Waals surface area contributed by atoms with Crippen LogP contribution in [0, 0.1) is 13.8 Å². The highest BCUT2D eigenvalue weighted by molar-refractivity contribution is 6.29. The molecule has 3 nitrogen and oxygen atoms in total. The van der Waals surface area contributed by atoms with Crippen LogP contribution in [-0.2, 0) is 10.3 Å². The SMILES string of the molecule is Cc1ccc(C(C)(CO)NC(=O)C(F)Cl)cc1C. The number of carbonyl (C=O) groups excluding carboxylic acids is 1. The summed E-state index contributed by atoms with van der Waals surface area (Å²) in [6.07, 6.45) is 0. The molecule has 0 spiro atoms. The van der Waals surface area contributed by atoms with Crippen molar-refractivity contribution in [1.29, 1.82) is 0 Å². The fourth-order valence-corrected chi connectivity index (χ4v) is 1.67. The number of rotatable bonds is 4. The Morgan fingerprint density at radius 3 is 2.56 bits per heavy atom. The van der Waals surface area contributed by atoms with Gasteiger partial charge in [-0.15, -0.1) is 0 Å². The molecular formula is C13H17ClFNO2. The van der Waals surface area contributed by atoms with Crippen LogP contribution in [0.2, 0.25) is 0 Å². The first-order valence-electron chi connectivity index (χ1n) is 5.59. The lowest BCUT2D eigenvalue weighted by molar-refractivity contribution is -0.125. The van der Waals surface area contributed by atoms with E-state index >= 15 is 0 Å². The van der Waals surface area contributed by atoms with E-state index in [2.05, 4.69) is 5.32 Å². The number of amides is 1. The zero-order valence-electron chi connectivity index (χ0n) is 10.6. The summed E-state index contributed by atoms with van der Waals surface area (Å²) < 4.78 is 12.7. The van der Waals surface area contributed by atoms with Crippen molar-refractivity contribution in [3.05, 3.63) is 34.9 Å². The monoisotopic (exact) mass is 273 g/mol. The molecule has 1 aromatic rings. The Morgan fingerprint density at radius 1 is 1.50 bits per heavy atom. The molecule has 0 saturated heterocycles. The van der Waals surface area contributed by atoms with Crippen LogP contribution in [0.5, 0.6) is 0 Å². The molecule has 0 aliphatic heterocycles. The van der Waals surface area contributed by atoms with Gasteiger partial charge in [-0.2, -0.15) is 0 Å². The minimum atomic E-state index is -2.12. The van der Waals surface area contributed by atoms with Crippen LogP contribution in [0.1, 0.15) is 23.6 Å². The van der Waals surface area contributed by atoms with Gasteiger partial charge in [0.15, 0.2) is 0 Å². The van der Waals surface area contributed by atoms with Gasteiger partial charge in [-0.3, -0.25) is 4.79 Å². The van der Waals surface area contributed by atoms with E-state index in [9.17, 15) is 14.3 Å². The number of aliphatic hydroxyl groups is 1. The summed E-state index contributed by atoms with van der Waals surface area (Å²) in [5.74, 6) is -0.952. The summed E-state index contributed by atoms with van der Waals surface area (Å²) in [5.41, 5.74) is -0.328. The molecule has 1 rings (SSSR count). The van der Waals surface area contributed by atoms with E-state index in [4.69, 9.17) is 11.6 Å². The van der Waals surface area contributed by atoms with Gasteiger partial charge < -0.3 is 10.4 Å². The Morgan fingerprint density at radius 2 is 2.11 bits per heavy atom. The fraction of sp³-hybridized carbons (Fsp3) is 0.462. The van der Waals surface area contributed by atoms with Crippen molar-refractivity contribution in [2.24, 2.45) is 0 Å². The summed E-state index contributed by atoms with van der Waals surface area (Å²) in [4.78, 5) is 11.3. The van der Waals surface area contributed by atoms with Gasteiger partial charge in [-0.05, 0) is 37.5 Å². The number of benzene rings is 1. The van der Waals surface area contributed by atoms with E-state index in [1.165, 1.54) is 0 Å². The largest absolute Gasteiger partial charge is 0.394 e. The predicted molar refractivity (Wildman–Crippen MR) is 69.2 cm³/mol. The molecule has 0 saturated carbocycles. The molecule has 1 aromatic carbocycles. The summed E-state index contributed by atoms with van der Waals surface area (Å²) in [6.45, 7) is 5.17. The maximum Gasteiger partial charge on any atom is 0.270 e. The highest BCUT2D eigenvalue weighted by Gasteiger charge is 2.30. The number of aryl methyl sites for hydroxylation is 2. The number of carbonyl (C=O) groups is 1. The molecule has 5 heteroatoms. The first-order valence-corrected chi connectivity index (χ1v) is 6.02. The maximum absolute atomic E-state index is 12.7. The lowest BCUT2D eigenvalue weighted by Crippen LogP contribution is -2.48. The molecule has 0 aliphatic rings.